The van der Waals surface area contributed by atoms with Gasteiger partial charge in [0.1, 0.15) is 0 Å². The molecule has 0 saturated heterocycles. The minimum atomic E-state index is 0. The van der Waals surface area contributed by atoms with Gasteiger partial charge >= 0.3 is 21.1 Å². The summed E-state index contributed by atoms with van der Waals surface area (Å²) < 4.78 is 0. The van der Waals surface area contributed by atoms with Gasteiger partial charge in [-0.1, -0.05) is 59.3 Å². The Balaban J connectivity index is -0.0000000903. The third kappa shape index (κ3) is 53.4. The summed E-state index contributed by atoms with van der Waals surface area (Å²) in [5.41, 5.74) is 0. The van der Waals surface area contributed by atoms with Crippen LogP contribution in [0.2, 0.25) is 0 Å². The Morgan fingerprint density at radius 1 is 0.810 bits per heavy atom. The first-order chi connectivity index (χ1) is 9.74. The molecule has 0 radical (unpaired) electrons. The van der Waals surface area contributed by atoms with Crippen molar-refractivity contribution in [1.82, 2.24) is 0 Å². The zero-order valence-corrected chi connectivity index (χ0v) is 17.0. The molecular formula is C20H38Pt. The molecule has 1 rings (SSSR count). The number of hydrogen-bond acceptors (Lipinski definition) is 0. The molecule has 0 amide bonds. The van der Waals surface area contributed by atoms with Crippen LogP contribution in [0.25, 0.3) is 0 Å². The first-order valence-electron chi connectivity index (χ1n) is 8.34. The van der Waals surface area contributed by atoms with Gasteiger partial charge in [-0.3, -0.25) is 6.08 Å². The average Bonchev–Trinajstić information content (AvgIpc) is 3.02. The van der Waals surface area contributed by atoms with E-state index >= 15 is 0 Å². The monoisotopic (exact) mass is 473 g/mol. The summed E-state index contributed by atoms with van der Waals surface area (Å²) in [6.07, 6.45) is 21.0. The molecule has 0 heterocycles. The van der Waals surface area contributed by atoms with Crippen LogP contribution in [0.4, 0.5) is 0 Å². The van der Waals surface area contributed by atoms with Crippen molar-refractivity contribution in [1.29, 1.82) is 0 Å². The number of allylic oxidation sites excluding steroid dienone is 4. The van der Waals surface area contributed by atoms with E-state index in [2.05, 4.69) is 53.7 Å². The summed E-state index contributed by atoms with van der Waals surface area (Å²) in [5, 5.41) is 0. The molecule has 0 N–H and O–H groups in total. The zero-order chi connectivity index (χ0) is 15.9. The summed E-state index contributed by atoms with van der Waals surface area (Å²) >= 11 is 0. The van der Waals surface area contributed by atoms with Crippen molar-refractivity contribution < 1.29 is 21.1 Å². The van der Waals surface area contributed by atoms with Crippen LogP contribution < -0.4 is 0 Å². The van der Waals surface area contributed by atoms with Gasteiger partial charge in [0.15, 0.2) is 0 Å². The third-order valence-corrected chi connectivity index (χ3v) is 2.40. The van der Waals surface area contributed by atoms with Crippen LogP contribution in [-0.4, -0.2) is 0 Å². The first kappa shape index (κ1) is 29.2. The van der Waals surface area contributed by atoms with Gasteiger partial charge in [-0.05, 0) is 0 Å². The summed E-state index contributed by atoms with van der Waals surface area (Å²) in [5.74, 6) is 0. The summed E-state index contributed by atoms with van der Waals surface area (Å²) in [6, 6.07) is 0. The molecule has 21 heavy (non-hydrogen) atoms. The predicted molar refractivity (Wildman–Crippen MR) is 96.2 cm³/mol. The van der Waals surface area contributed by atoms with E-state index in [9.17, 15) is 0 Å². The SMILES string of the molecule is [C-]1=CC=CC1.[CH2-]CCCC.[CH2-]CCCC.[CH2-]CCCC.[Pt+4]. The second kappa shape index (κ2) is 36.9. The molecule has 0 bridgehead atoms. The first-order valence-corrected chi connectivity index (χ1v) is 8.34. The van der Waals surface area contributed by atoms with Gasteiger partial charge in [0, 0.05) is 0 Å². The topological polar surface area (TPSA) is 0 Å². The van der Waals surface area contributed by atoms with Crippen LogP contribution in [0.5, 0.6) is 0 Å². The van der Waals surface area contributed by atoms with Crippen molar-refractivity contribution >= 4 is 0 Å². The Hall–Kier alpha value is 0.168. The number of rotatable bonds is 6. The van der Waals surface area contributed by atoms with Crippen molar-refractivity contribution in [2.24, 2.45) is 0 Å². The van der Waals surface area contributed by atoms with E-state index in [4.69, 9.17) is 0 Å². The Labute approximate surface area is 151 Å². The van der Waals surface area contributed by atoms with Crippen molar-refractivity contribution in [2.45, 2.75) is 85.0 Å². The van der Waals surface area contributed by atoms with E-state index in [1.165, 1.54) is 38.5 Å². The van der Waals surface area contributed by atoms with E-state index in [0.717, 1.165) is 25.7 Å². The second-order valence-electron chi connectivity index (χ2n) is 4.62. The molecule has 0 atom stereocenters. The standard InChI is InChI=1S/C5H5.3C5H11.Pt/c1-2-4-5-3-1;3*1-3-5-4-2;/h1-3H,4H2;3*1,3-5H2,2H3;/q4*-1;+4. The van der Waals surface area contributed by atoms with Gasteiger partial charge in [-0.2, -0.15) is 25.3 Å². The van der Waals surface area contributed by atoms with Crippen LogP contribution >= 0.6 is 0 Å². The molecule has 1 aliphatic carbocycles. The van der Waals surface area contributed by atoms with Gasteiger partial charge in [0.05, 0.1) is 0 Å². The fourth-order valence-electron chi connectivity index (χ4n) is 1.09. The van der Waals surface area contributed by atoms with Crippen molar-refractivity contribution in [2.75, 3.05) is 0 Å². The molecule has 0 aromatic heterocycles. The van der Waals surface area contributed by atoms with Gasteiger partial charge in [-0.15, -0.1) is 6.42 Å². The van der Waals surface area contributed by atoms with Crippen LogP contribution in [0, 0.1) is 26.8 Å². The van der Waals surface area contributed by atoms with E-state index in [0.29, 0.717) is 0 Å². The summed E-state index contributed by atoms with van der Waals surface area (Å²) in [7, 11) is 0. The van der Waals surface area contributed by atoms with E-state index < -0.39 is 0 Å². The van der Waals surface area contributed by atoms with Crippen LogP contribution in [0.3, 0.4) is 0 Å². The number of hydrogen-bond donors (Lipinski definition) is 0. The maximum atomic E-state index is 3.68. The quantitative estimate of drug-likeness (QED) is 0.354. The van der Waals surface area contributed by atoms with Gasteiger partial charge < -0.3 is 20.8 Å². The summed E-state index contributed by atoms with van der Waals surface area (Å²) in [6.45, 7) is 17.5. The molecule has 0 unspecified atom stereocenters. The van der Waals surface area contributed by atoms with Gasteiger partial charge in [0.25, 0.3) is 0 Å². The molecule has 0 aliphatic heterocycles. The molecule has 128 valence electrons. The van der Waals surface area contributed by atoms with Crippen LogP contribution in [-0.2, 0) is 21.1 Å². The smallest absolute Gasteiger partial charge is 0.343 e. The predicted octanol–water partition coefficient (Wildman–Crippen LogP) is 7.34. The second-order valence-corrected chi connectivity index (χ2v) is 4.62. The van der Waals surface area contributed by atoms with Crippen molar-refractivity contribution in [3.63, 3.8) is 0 Å². The van der Waals surface area contributed by atoms with Gasteiger partial charge in [-0.25, -0.2) is 12.2 Å². The Morgan fingerprint density at radius 3 is 1.24 bits per heavy atom. The normalized spacial score (nSPS) is 10.2. The van der Waals surface area contributed by atoms with E-state index in [-0.39, 0.29) is 21.1 Å². The van der Waals surface area contributed by atoms with Gasteiger partial charge in [0.2, 0.25) is 0 Å². The minimum absolute atomic E-state index is 0. The molecule has 0 fully saturated rings. The number of unbranched alkanes of at least 4 members (excludes halogenated alkanes) is 6. The molecule has 0 nitrogen and oxygen atoms in total. The van der Waals surface area contributed by atoms with Crippen molar-refractivity contribution in [3.8, 4) is 0 Å². The Morgan fingerprint density at radius 2 is 1.19 bits per heavy atom. The van der Waals surface area contributed by atoms with Crippen molar-refractivity contribution in [3.05, 3.63) is 45.1 Å². The fourth-order valence-corrected chi connectivity index (χ4v) is 1.09. The Kier molecular flexibility index (Phi) is 51.4. The van der Waals surface area contributed by atoms with Crippen LogP contribution in [0.1, 0.15) is 85.0 Å². The molecule has 1 heteroatoms. The average molecular weight is 474 g/mol. The molecule has 0 saturated carbocycles. The molecular weight excluding hydrogens is 435 g/mol. The van der Waals surface area contributed by atoms with E-state index in [1.807, 2.05) is 12.2 Å². The zero-order valence-electron chi connectivity index (χ0n) is 14.7. The molecule has 0 spiro atoms. The van der Waals surface area contributed by atoms with Crippen LogP contribution in [0.15, 0.2) is 18.2 Å². The maximum absolute atomic E-state index is 3.68. The fraction of sp³-hybridized carbons (Fsp3) is 0.650. The summed E-state index contributed by atoms with van der Waals surface area (Å²) in [4.78, 5) is 0. The third-order valence-electron chi connectivity index (χ3n) is 2.40. The minimum Gasteiger partial charge on any atom is -0.343 e. The Bertz CT molecular complexity index is 140. The molecule has 0 aromatic rings. The largest absolute Gasteiger partial charge is 4.00 e. The maximum Gasteiger partial charge on any atom is 4.00 e. The van der Waals surface area contributed by atoms with E-state index in [1.54, 1.807) is 0 Å². The molecule has 1 aliphatic rings. The molecule has 0 aromatic carbocycles.